The van der Waals surface area contributed by atoms with Gasteiger partial charge in [-0.1, -0.05) is 25.3 Å². The number of piperidine rings is 2. The zero-order valence-corrected chi connectivity index (χ0v) is 26.4. The van der Waals surface area contributed by atoms with Crippen molar-refractivity contribution in [3.8, 4) is 0 Å². The molecule has 8 heteroatoms. The van der Waals surface area contributed by atoms with E-state index < -0.39 is 0 Å². The Balaban J connectivity index is 2.31. The van der Waals surface area contributed by atoms with Crippen molar-refractivity contribution in [1.29, 1.82) is 0 Å². The Bertz CT molecular complexity index is 886. The molecule has 0 spiro atoms. The van der Waals surface area contributed by atoms with Gasteiger partial charge in [0.15, 0.2) is 0 Å². The largest absolute Gasteiger partial charge is 0.459 e. The second-order valence-corrected chi connectivity index (χ2v) is 14.7. The topological polar surface area (TPSA) is 59.1 Å². The van der Waals surface area contributed by atoms with Crippen molar-refractivity contribution in [1.82, 2.24) is 8.61 Å². The first-order chi connectivity index (χ1) is 17.4. The summed E-state index contributed by atoms with van der Waals surface area (Å²) in [6.45, 7) is 32.2. The van der Waals surface area contributed by atoms with Crippen molar-refractivity contribution in [2.24, 2.45) is 0 Å². The van der Waals surface area contributed by atoms with E-state index in [1.807, 2.05) is 12.2 Å². The number of nitrogens with zero attached hydrogens (tertiary/aromatic N) is 2. The number of hydrogen-bond acceptors (Lipinski definition) is 8. The van der Waals surface area contributed by atoms with Crippen LogP contribution in [0.25, 0.3) is 0 Å². The fraction of sp³-hybridized carbons (Fsp3) is 0.667. The zero-order chi connectivity index (χ0) is 29.1. The molecular formula is C30H48N2O4S2. The van der Waals surface area contributed by atoms with Crippen molar-refractivity contribution >= 4 is 33.9 Å². The van der Waals surface area contributed by atoms with Crippen LogP contribution in [0.15, 0.2) is 49.6 Å². The fourth-order valence-electron chi connectivity index (χ4n) is 6.11. The molecule has 0 N–H and O–H groups in total. The van der Waals surface area contributed by atoms with Crippen molar-refractivity contribution in [2.75, 3.05) is 0 Å². The van der Waals surface area contributed by atoms with Crippen molar-refractivity contribution in [2.45, 2.75) is 128 Å². The Morgan fingerprint density at radius 3 is 1.32 bits per heavy atom. The van der Waals surface area contributed by atoms with E-state index in [0.717, 1.165) is 25.7 Å². The second kappa shape index (κ2) is 12.4. The van der Waals surface area contributed by atoms with Gasteiger partial charge >= 0.3 is 11.9 Å². The second-order valence-electron chi connectivity index (χ2n) is 12.8. The molecule has 6 nitrogen and oxygen atoms in total. The quantitative estimate of drug-likeness (QED) is 0.0836. The van der Waals surface area contributed by atoms with Gasteiger partial charge in [0, 0.05) is 80.9 Å². The Kier molecular flexibility index (Phi) is 10.6. The summed E-state index contributed by atoms with van der Waals surface area (Å²) in [6, 6.07) is 0. The lowest BCUT2D eigenvalue weighted by Crippen LogP contribution is -2.62. The van der Waals surface area contributed by atoms with Crippen LogP contribution in [-0.4, -0.2) is 54.9 Å². The molecule has 2 heterocycles. The van der Waals surface area contributed by atoms with E-state index in [1.165, 1.54) is 0 Å². The zero-order valence-electron chi connectivity index (χ0n) is 24.7. The molecule has 4 atom stereocenters. The summed E-state index contributed by atoms with van der Waals surface area (Å²) in [4.78, 5) is 24.6. The third-order valence-electron chi connectivity index (χ3n) is 7.46. The number of rotatable bonds is 11. The van der Waals surface area contributed by atoms with Crippen molar-refractivity contribution in [3.63, 3.8) is 0 Å². The molecule has 0 radical (unpaired) electrons. The molecule has 4 unspecified atom stereocenters. The van der Waals surface area contributed by atoms with Crippen LogP contribution in [0.4, 0.5) is 0 Å². The van der Waals surface area contributed by atoms with Crippen LogP contribution < -0.4 is 0 Å². The number of esters is 2. The van der Waals surface area contributed by atoms with Crippen molar-refractivity contribution in [3.05, 3.63) is 49.6 Å². The highest BCUT2D eigenvalue weighted by atomic mass is 33.1. The van der Waals surface area contributed by atoms with Gasteiger partial charge in [-0.25, -0.2) is 18.2 Å². The predicted molar refractivity (Wildman–Crippen MR) is 161 cm³/mol. The molecular weight excluding hydrogens is 516 g/mol. The normalized spacial score (nSPS) is 31.2. The van der Waals surface area contributed by atoms with Crippen LogP contribution in [-0.2, 0) is 19.1 Å². The summed E-state index contributed by atoms with van der Waals surface area (Å²) in [5.41, 5.74) is -0.196. The highest BCUT2D eigenvalue weighted by Crippen LogP contribution is 2.55. The van der Waals surface area contributed by atoms with Crippen LogP contribution in [0.3, 0.4) is 0 Å². The molecule has 0 aromatic carbocycles. The Morgan fingerprint density at radius 1 is 0.737 bits per heavy atom. The Morgan fingerprint density at radius 2 is 1.05 bits per heavy atom. The minimum absolute atomic E-state index is 0.192. The lowest BCUT2D eigenvalue weighted by molar-refractivity contribution is -0.152. The van der Waals surface area contributed by atoms with Crippen LogP contribution in [0.1, 0.15) is 93.9 Å². The lowest BCUT2D eigenvalue weighted by atomic mass is 9.78. The van der Waals surface area contributed by atoms with E-state index >= 15 is 0 Å². The van der Waals surface area contributed by atoms with Gasteiger partial charge in [0.25, 0.3) is 0 Å². The minimum Gasteiger partial charge on any atom is -0.459 e. The molecule has 0 bridgehead atoms. The number of carbonyl (C=O) groups is 2. The minimum atomic E-state index is -0.334. The summed E-state index contributed by atoms with van der Waals surface area (Å²) >= 11 is 0. The summed E-state index contributed by atoms with van der Waals surface area (Å²) in [5, 5.41) is 0. The van der Waals surface area contributed by atoms with Gasteiger partial charge in [-0.3, -0.25) is 0 Å². The van der Waals surface area contributed by atoms with Gasteiger partial charge in [-0.05, 0) is 68.2 Å². The van der Waals surface area contributed by atoms with Gasteiger partial charge < -0.3 is 9.47 Å². The molecule has 2 aliphatic heterocycles. The number of hydrogen-bond donors (Lipinski definition) is 0. The smallest absolute Gasteiger partial charge is 0.333 e. The molecule has 2 aliphatic rings. The van der Waals surface area contributed by atoms with E-state index in [0.29, 0.717) is 24.0 Å². The molecule has 0 saturated carbocycles. The van der Waals surface area contributed by atoms with Crippen LogP contribution >= 0.6 is 22.0 Å². The first-order valence-corrected chi connectivity index (χ1v) is 15.4. The average Bonchev–Trinajstić information content (AvgIpc) is 2.73. The van der Waals surface area contributed by atoms with Crippen LogP contribution in [0, 0.1) is 0 Å². The first kappa shape index (κ1) is 32.7. The summed E-state index contributed by atoms with van der Waals surface area (Å²) in [7, 11) is 3.50. The highest BCUT2D eigenvalue weighted by molar-refractivity contribution is 8.74. The average molecular weight is 565 g/mol. The number of carbonyl (C=O) groups excluding carboxylic acids is 2. The summed E-state index contributed by atoms with van der Waals surface area (Å²) in [5.74, 6) is -0.668. The van der Waals surface area contributed by atoms with Gasteiger partial charge in [-0.15, -0.1) is 13.2 Å². The predicted octanol–water partition coefficient (Wildman–Crippen LogP) is 7.59. The summed E-state index contributed by atoms with van der Waals surface area (Å²) < 4.78 is 16.6. The van der Waals surface area contributed by atoms with E-state index in [-0.39, 0.29) is 46.3 Å². The van der Waals surface area contributed by atoms with Gasteiger partial charge in [-0.2, -0.15) is 0 Å². The van der Waals surface area contributed by atoms with E-state index in [9.17, 15) is 9.59 Å². The fourth-order valence-corrected chi connectivity index (χ4v) is 10.1. The van der Waals surface area contributed by atoms with Gasteiger partial charge in [0.1, 0.15) is 12.2 Å². The molecule has 0 aromatic rings. The first-order valence-electron chi connectivity index (χ1n) is 13.3. The maximum absolute atomic E-state index is 12.3. The Hall–Kier alpha value is -1.48. The monoisotopic (exact) mass is 564 g/mol. The lowest BCUT2D eigenvalue weighted by Gasteiger charge is -2.58. The maximum Gasteiger partial charge on any atom is 0.333 e. The van der Waals surface area contributed by atoms with Crippen LogP contribution in [0.5, 0.6) is 0 Å². The molecule has 2 rings (SSSR count). The van der Waals surface area contributed by atoms with E-state index in [1.54, 1.807) is 35.8 Å². The number of ether oxygens (including phenoxy) is 2. The molecule has 0 amide bonds. The molecule has 0 aromatic heterocycles. The van der Waals surface area contributed by atoms with Gasteiger partial charge in [0.05, 0.1) is 0 Å². The third-order valence-corrected chi connectivity index (χ3v) is 10.8. The van der Waals surface area contributed by atoms with Crippen molar-refractivity contribution < 1.29 is 19.1 Å². The summed E-state index contributed by atoms with van der Waals surface area (Å²) in [6.07, 6.45) is 7.90. The maximum atomic E-state index is 12.3. The molecule has 2 saturated heterocycles. The SMILES string of the molecule is C=CCC1(C)CC(OC(=O)C(=C)C)CC(C)(C)N1SSN1C(C)(C)CC(OC(=O)C(=C)C)CC1(C)CC=C. The van der Waals surface area contributed by atoms with E-state index in [2.05, 4.69) is 76.5 Å². The standard InChI is InChI=1S/C30H48N2O4S2/c1-13-15-29(11)19-23(35-25(33)21(3)4)17-27(7,8)31(29)37-38-32-28(9,10)18-24(36-26(34)22(5)6)20-30(32,12)16-14-2/h13-14,23-24H,1-3,5,15-20H2,4,6-12H3. The molecule has 0 aliphatic carbocycles. The van der Waals surface area contributed by atoms with Gasteiger partial charge in [0.2, 0.25) is 0 Å². The molecule has 214 valence electrons. The Labute approximate surface area is 239 Å². The molecule has 38 heavy (non-hydrogen) atoms. The molecule has 2 fully saturated rings. The van der Waals surface area contributed by atoms with E-state index in [4.69, 9.17) is 9.47 Å². The van der Waals surface area contributed by atoms with Crippen LogP contribution in [0.2, 0.25) is 0 Å². The highest BCUT2D eigenvalue weighted by Gasteiger charge is 2.53. The third kappa shape index (κ3) is 7.58.